The first-order valence-corrected chi connectivity index (χ1v) is 6.45. The van der Waals surface area contributed by atoms with Gasteiger partial charge in [0.1, 0.15) is 0 Å². The van der Waals surface area contributed by atoms with Crippen LogP contribution in [0.4, 0.5) is 0 Å². The van der Waals surface area contributed by atoms with Crippen LogP contribution in [0.1, 0.15) is 41.0 Å². The molecule has 17 heavy (non-hydrogen) atoms. The highest BCUT2D eigenvalue weighted by Gasteiger charge is 2.14. The summed E-state index contributed by atoms with van der Waals surface area (Å²) in [7, 11) is 0. The van der Waals surface area contributed by atoms with Crippen molar-refractivity contribution in [1.29, 1.82) is 0 Å². The summed E-state index contributed by atoms with van der Waals surface area (Å²) in [5.74, 6) is 0.610. The Morgan fingerprint density at radius 1 is 1.06 bits per heavy atom. The van der Waals surface area contributed by atoms with Crippen LogP contribution in [-0.2, 0) is 9.59 Å². The Bertz CT molecular complexity index is 248. The van der Waals surface area contributed by atoms with E-state index < -0.39 is 0 Å². The van der Waals surface area contributed by atoms with E-state index in [1.54, 1.807) is 16.7 Å². The first kappa shape index (κ1) is 15.9. The van der Waals surface area contributed by atoms with E-state index in [4.69, 9.17) is 0 Å². The van der Waals surface area contributed by atoms with Gasteiger partial charge in [0, 0.05) is 39.5 Å². The number of carbonyl (C=O) groups is 2. The average Bonchev–Trinajstić information content (AvgIpc) is 2.25. The monoisotopic (exact) mass is 242 g/mol. The number of hydrogen-bond acceptors (Lipinski definition) is 2. The normalized spacial score (nSPS) is 10.5. The second-order valence-electron chi connectivity index (χ2n) is 4.67. The minimum atomic E-state index is 0.0473. The lowest BCUT2D eigenvalue weighted by atomic mass is 10.2. The van der Waals surface area contributed by atoms with E-state index in [-0.39, 0.29) is 11.8 Å². The van der Waals surface area contributed by atoms with Gasteiger partial charge in [-0.05, 0) is 19.8 Å². The average molecular weight is 242 g/mol. The zero-order chi connectivity index (χ0) is 13.4. The van der Waals surface area contributed by atoms with Gasteiger partial charge in [0.05, 0.1) is 0 Å². The molecule has 0 aromatic rings. The molecular formula is C13H26N2O2. The highest BCUT2D eigenvalue weighted by atomic mass is 16.2. The zero-order valence-electron chi connectivity index (χ0n) is 11.8. The Morgan fingerprint density at radius 3 is 1.94 bits per heavy atom. The molecule has 0 aliphatic rings. The van der Waals surface area contributed by atoms with E-state index >= 15 is 0 Å². The maximum absolute atomic E-state index is 11.8. The van der Waals surface area contributed by atoms with Crippen molar-refractivity contribution < 1.29 is 9.59 Å². The van der Waals surface area contributed by atoms with Crippen LogP contribution < -0.4 is 0 Å². The maximum atomic E-state index is 11.8. The van der Waals surface area contributed by atoms with Crippen LogP contribution in [0.5, 0.6) is 0 Å². The summed E-state index contributed by atoms with van der Waals surface area (Å²) in [6, 6.07) is 0. The predicted octanol–water partition coefficient (Wildman–Crippen LogP) is 1.75. The van der Waals surface area contributed by atoms with Crippen molar-refractivity contribution in [1.82, 2.24) is 9.80 Å². The number of hydrogen-bond donors (Lipinski definition) is 0. The Kier molecular flexibility index (Phi) is 7.59. The summed E-state index contributed by atoms with van der Waals surface area (Å²) in [6.45, 7) is 12.4. The number of amides is 2. The second kappa shape index (κ2) is 8.09. The fourth-order valence-corrected chi connectivity index (χ4v) is 1.78. The molecule has 4 heteroatoms. The fraction of sp³-hybridized carbons (Fsp3) is 0.846. The molecule has 0 fully saturated rings. The van der Waals surface area contributed by atoms with Gasteiger partial charge < -0.3 is 9.80 Å². The lowest BCUT2D eigenvalue weighted by Gasteiger charge is -2.25. The second-order valence-corrected chi connectivity index (χ2v) is 4.67. The molecule has 100 valence electrons. The number of carbonyl (C=O) groups excluding carboxylic acids is 2. The topological polar surface area (TPSA) is 40.6 Å². The molecule has 0 aromatic heterocycles. The smallest absolute Gasteiger partial charge is 0.224 e. The van der Waals surface area contributed by atoms with E-state index in [0.717, 1.165) is 19.6 Å². The van der Waals surface area contributed by atoms with Crippen molar-refractivity contribution in [3.8, 4) is 0 Å². The molecule has 0 saturated heterocycles. The molecule has 0 radical (unpaired) electrons. The van der Waals surface area contributed by atoms with Gasteiger partial charge in [0.15, 0.2) is 0 Å². The summed E-state index contributed by atoms with van der Waals surface area (Å²) < 4.78 is 0. The standard InChI is InChI=1S/C13H26N2O2/c1-6-14(7-2)13(17)8-9-15(12(5)16)10-11(3)4/h11H,6-10H2,1-5H3. The summed E-state index contributed by atoms with van der Waals surface area (Å²) in [5.41, 5.74) is 0. The Morgan fingerprint density at radius 2 is 1.59 bits per heavy atom. The van der Waals surface area contributed by atoms with Gasteiger partial charge in [-0.3, -0.25) is 9.59 Å². The molecule has 0 atom stereocenters. The molecule has 0 rings (SSSR count). The van der Waals surface area contributed by atoms with Gasteiger partial charge in [-0.1, -0.05) is 13.8 Å². The van der Waals surface area contributed by atoms with Gasteiger partial charge >= 0.3 is 0 Å². The van der Waals surface area contributed by atoms with E-state index in [2.05, 4.69) is 13.8 Å². The summed E-state index contributed by atoms with van der Waals surface area (Å²) in [4.78, 5) is 26.8. The molecule has 4 nitrogen and oxygen atoms in total. The third kappa shape index (κ3) is 6.29. The molecule has 0 saturated carbocycles. The number of rotatable bonds is 7. The van der Waals surface area contributed by atoms with Gasteiger partial charge in [-0.25, -0.2) is 0 Å². The van der Waals surface area contributed by atoms with Gasteiger partial charge in [-0.2, -0.15) is 0 Å². The highest BCUT2D eigenvalue weighted by molar-refractivity contribution is 5.78. The SMILES string of the molecule is CCN(CC)C(=O)CCN(CC(C)C)C(C)=O. The Hall–Kier alpha value is -1.06. The van der Waals surface area contributed by atoms with E-state index in [9.17, 15) is 9.59 Å². The molecule has 0 heterocycles. The molecule has 0 N–H and O–H groups in total. The lowest BCUT2D eigenvalue weighted by Crippen LogP contribution is -2.37. The van der Waals surface area contributed by atoms with Crippen LogP contribution in [0, 0.1) is 5.92 Å². The third-order valence-corrected chi connectivity index (χ3v) is 2.74. The summed E-state index contributed by atoms with van der Waals surface area (Å²) in [6.07, 6.45) is 0.425. The van der Waals surface area contributed by atoms with Crippen molar-refractivity contribution in [2.75, 3.05) is 26.2 Å². The highest BCUT2D eigenvalue weighted by Crippen LogP contribution is 2.02. The lowest BCUT2D eigenvalue weighted by molar-refractivity contribution is -0.133. The van der Waals surface area contributed by atoms with Crippen LogP contribution >= 0.6 is 0 Å². The minimum Gasteiger partial charge on any atom is -0.343 e. The summed E-state index contributed by atoms with van der Waals surface area (Å²) >= 11 is 0. The van der Waals surface area contributed by atoms with Crippen molar-refractivity contribution in [3.05, 3.63) is 0 Å². The largest absolute Gasteiger partial charge is 0.343 e. The van der Waals surface area contributed by atoms with E-state index in [1.807, 2.05) is 13.8 Å². The van der Waals surface area contributed by atoms with Crippen LogP contribution in [0.15, 0.2) is 0 Å². The van der Waals surface area contributed by atoms with E-state index in [0.29, 0.717) is 18.9 Å². The van der Waals surface area contributed by atoms with Crippen molar-refractivity contribution in [2.24, 2.45) is 5.92 Å². The molecule has 0 aromatic carbocycles. The molecule has 0 aliphatic carbocycles. The minimum absolute atomic E-state index is 0.0473. The van der Waals surface area contributed by atoms with Gasteiger partial charge in [0.2, 0.25) is 11.8 Å². The Balaban J connectivity index is 4.21. The first-order chi connectivity index (χ1) is 7.92. The number of nitrogens with zero attached hydrogens (tertiary/aromatic N) is 2. The molecule has 0 spiro atoms. The first-order valence-electron chi connectivity index (χ1n) is 6.45. The van der Waals surface area contributed by atoms with Gasteiger partial charge in [-0.15, -0.1) is 0 Å². The summed E-state index contributed by atoms with van der Waals surface area (Å²) in [5, 5.41) is 0. The fourth-order valence-electron chi connectivity index (χ4n) is 1.78. The Labute approximate surface area is 105 Å². The molecular weight excluding hydrogens is 216 g/mol. The molecule has 0 bridgehead atoms. The molecule has 2 amide bonds. The van der Waals surface area contributed by atoms with Crippen LogP contribution in [-0.4, -0.2) is 47.8 Å². The molecule has 0 unspecified atom stereocenters. The third-order valence-electron chi connectivity index (χ3n) is 2.74. The van der Waals surface area contributed by atoms with Crippen molar-refractivity contribution >= 4 is 11.8 Å². The quantitative estimate of drug-likeness (QED) is 0.682. The van der Waals surface area contributed by atoms with Crippen LogP contribution in [0.25, 0.3) is 0 Å². The molecule has 0 aliphatic heterocycles. The maximum Gasteiger partial charge on any atom is 0.224 e. The zero-order valence-corrected chi connectivity index (χ0v) is 11.8. The van der Waals surface area contributed by atoms with Crippen LogP contribution in [0.3, 0.4) is 0 Å². The van der Waals surface area contributed by atoms with Crippen molar-refractivity contribution in [2.45, 2.75) is 41.0 Å². The van der Waals surface area contributed by atoms with Crippen molar-refractivity contribution in [3.63, 3.8) is 0 Å². The van der Waals surface area contributed by atoms with E-state index in [1.165, 1.54) is 0 Å². The van der Waals surface area contributed by atoms with Crippen LogP contribution in [0.2, 0.25) is 0 Å². The predicted molar refractivity (Wildman–Crippen MR) is 69.6 cm³/mol. The van der Waals surface area contributed by atoms with Gasteiger partial charge in [0.25, 0.3) is 0 Å².